The third-order valence-electron chi connectivity index (χ3n) is 1.37. The summed E-state index contributed by atoms with van der Waals surface area (Å²) in [7, 11) is 0. The van der Waals surface area contributed by atoms with Gasteiger partial charge in [0.1, 0.15) is 6.34 Å². The first-order valence-corrected chi connectivity index (χ1v) is 4.34. The Morgan fingerprint density at radius 3 is 3.00 bits per heavy atom. The lowest BCUT2D eigenvalue weighted by Crippen LogP contribution is -2.31. The maximum atomic E-state index is 8.55. The molecule has 11 heavy (non-hydrogen) atoms. The topological polar surface area (TPSA) is 42.6 Å². The van der Waals surface area contributed by atoms with E-state index in [-0.39, 0.29) is 5.08 Å². The van der Waals surface area contributed by atoms with Crippen LogP contribution in [-0.4, -0.2) is 27.9 Å². The highest BCUT2D eigenvalue weighted by atomic mass is 79.9. The van der Waals surface area contributed by atoms with E-state index in [0.29, 0.717) is 0 Å². The Labute approximate surface area is 74.2 Å². The van der Waals surface area contributed by atoms with Gasteiger partial charge in [0.15, 0.2) is 11.3 Å². The molecule has 1 unspecified atom stereocenters. The first kappa shape index (κ1) is 8.34. The Hall–Kier alpha value is -0.760. The van der Waals surface area contributed by atoms with Crippen molar-refractivity contribution in [1.82, 2.24) is 9.91 Å². The van der Waals surface area contributed by atoms with E-state index in [1.54, 1.807) is 0 Å². The predicted octanol–water partition coefficient (Wildman–Crippen LogP) is 1.12. The zero-order chi connectivity index (χ0) is 8.27. The second-order valence-corrected chi connectivity index (χ2v) is 3.03. The Morgan fingerprint density at radius 1 is 1.82 bits per heavy atom. The fourth-order valence-corrected chi connectivity index (χ4v) is 1.35. The number of hydrazone groups is 1. The molecule has 0 saturated heterocycles. The Kier molecular flexibility index (Phi) is 2.71. The minimum absolute atomic E-state index is 0.0903. The van der Waals surface area contributed by atoms with Gasteiger partial charge in [-0.1, -0.05) is 6.92 Å². The maximum Gasteiger partial charge on any atom is 0.188 e. The van der Waals surface area contributed by atoms with Gasteiger partial charge in [-0.15, -0.1) is 0 Å². The standard InChI is InChI=1S/C6H9BrN4/c1-2-3-11-6(7)10(4-8)5-9-11/h5-6H,2-3H2,1H3. The molecule has 60 valence electrons. The molecule has 1 aliphatic heterocycles. The number of hydrogen-bond donors (Lipinski definition) is 0. The van der Waals surface area contributed by atoms with Crippen LogP contribution < -0.4 is 0 Å². The number of nitriles is 1. The SMILES string of the molecule is CCCN1N=CN(C#N)C1Br. The average Bonchev–Trinajstić information content (AvgIpc) is 2.34. The lowest BCUT2D eigenvalue weighted by atomic mass is 10.5. The molecule has 0 aromatic heterocycles. The van der Waals surface area contributed by atoms with E-state index < -0.39 is 0 Å². The van der Waals surface area contributed by atoms with Crippen molar-refractivity contribution in [2.45, 2.75) is 18.4 Å². The summed E-state index contributed by atoms with van der Waals surface area (Å²) in [6.07, 6.45) is 4.55. The van der Waals surface area contributed by atoms with Crippen molar-refractivity contribution in [1.29, 1.82) is 5.26 Å². The van der Waals surface area contributed by atoms with E-state index in [9.17, 15) is 0 Å². The van der Waals surface area contributed by atoms with Crippen molar-refractivity contribution >= 4 is 22.3 Å². The van der Waals surface area contributed by atoms with Crippen molar-refractivity contribution in [2.75, 3.05) is 6.54 Å². The molecule has 1 atom stereocenters. The molecular formula is C6H9BrN4. The first-order chi connectivity index (χ1) is 5.29. The number of hydrogen-bond acceptors (Lipinski definition) is 4. The molecule has 0 spiro atoms. The molecule has 0 aliphatic carbocycles. The van der Waals surface area contributed by atoms with Gasteiger partial charge in [-0.05, 0) is 22.4 Å². The van der Waals surface area contributed by atoms with Crippen LogP contribution in [0.4, 0.5) is 0 Å². The van der Waals surface area contributed by atoms with Gasteiger partial charge < -0.3 is 0 Å². The van der Waals surface area contributed by atoms with E-state index in [1.165, 1.54) is 11.2 Å². The Morgan fingerprint density at radius 2 is 2.55 bits per heavy atom. The highest BCUT2D eigenvalue weighted by molar-refractivity contribution is 9.09. The molecule has 1 heterocycles. The van der Waals surface area contributed by atoms with E-state index in [0.717, 1.165) is 13.0 Å². The lowest BCUT2D eigenvalue weighted by Gasteiger charge is -2.19. The van der Waals surface area contributed by atoms with Crippen molar-refractivity contribution < 1.29 is 0 Å². The number of nitrogens with zero attached hydrogens (tertiary/aromatic N) is 4. The largest absolute Gasteiger partial charge is 0.262 e. The van der Waals surface area contributed by atoms with Crippen LogP contribution in [0.2, 0.25) is 0 Å². The Bertz CT molecular complexity index is 197. The molecule has 5 heteroatoms. The third kappa shape index (κ3) is 1.63. The highest BCUT2D eigenvalue weighted by Crippen LogP contribution is 2.16. The van der Waals surface area contributed by atoms with Gasteiger partial charge >= 0.3 is 0 Å². The van der Waals surface area contributed by atoms with Crippen molar-refractivity contribution in [3.05, 3.63) is 0 Å². The molecule has 0 N–H and O–H groups in total. The van der Waals surface area contributed by atoms with Gasteiger partial charge in [0.05, 0.1) is 0 Å². The summed E-state index contributed by atoms with van der Waals surface area (Å²) in [6, 6.07) is 0. The predicted molar refractivity (Wildman–Crippen MR) is 45.7 cm³/mol. The second-order valence-electron chi connectivity index (χ2n) is 2.21. The molecule has 0 radical (unpaired) electrons. The van der Waals surface area contributed by atoms with Crippen LogP contribution in [0.1, 0.15) is 13.3 Å². The molecule has 1 rings (SSSR count). The van der Waals surface area contributed by atoms with Crippen LogP contribution in [0.25, 0.3) is 0 Å². The Balaban J connectivity index is 2.51. The highest BCUT2D eigenvalue weighted by Gasteiger charge is 2.23. The van der Waals surface area contributed by atoms with Crippen LogP contribution in [0, 0.1) is 11.5 Å². The molecule has 0 aromatic carbocycles. The molecule has 0 bridgehead atoms. The minimum Gasteiger partial charge on any atom is -0.262 e. The van der Waals surface area contributed by atoms with Crippen LogP contribution in [-0.2, 0) is 0 Å². The summed E-state index contributed by atoms with van der Waals surface area (Å²) >= 11 is 3.34. The zero-order valence-corrected chi connectivity index (χ0v) is 7.82. The van der Waals surface area contributed by atoms with E-state index in [1.807, 2.05) is 11.2 Å². The fraction of sp³-hybridized carbons (Fsp3) is 0.667. The van der Waals surface area contributed by atoms with Gasteiger partial charge in [0.25, 0.3) is 0 Å². The van der Waals surface area contributed by atoms with Gasteiger partial charge in [-0.2, -0.15) is 10.4 Å². The monoisotopic (exact) mass is 216 g/mol. The summed E-state index contributed by atoms with van der Waals surface area (Å²) < 4.78 is 0. The minimum atomic E-state index is -0.0903. The molecule has 1 aliphatic rings. The molecule has 0 aromatic rings. The molecule has 0 fully saturated rings. The normalized spacial score (nSPS) is 22.5. The number of halogens is 1. The number of rotatable bonds is 2. The number of alkyl halides is 1. The second kappa shape index (κ2) is 3.58. The summed E-state index contributed by atoms with van der Waals surface area (Å²) in [4.78, 5) is 1.45. The van der Waals surface area contributed by atoms with E-state index >= 15 is 0 Å². The average molecular weight is 217 g/mol. The van der Waals surface area contributed by atoms with Gasteiger partial charge in [-0.25, -0.2) is 4.90 Å². The van der Waals surface area contributed by atoms with Crippen molar-refractivity contribution in [3.63, 3.8) is 0 Å². The third-order valence-corrected chi connectivity index (χ3v) is 2.28. The van der Waals surface area contributed by atoms with Crippen LogP contribution >= 0.6 is 15.9 Å². The summed E-state index contributed by atoms with van der Waals surface area (Å²) in [5.74, 6) is 0. The van der Waals surface area contributed by atoms with Crippen LogP contribution in [0.5, 0.6) is 0 Å². The van der Waals surface area contributed by atoms with Gasteiger partial charge in [0.2, 0.25) is 0 Å². The van der Waals surface area contributed by atoms with Crippen molar-refractivity contribution in [3.8, 4) is 6.19 Å². The molecular weight excluding hydrogens is 208 g/mol. The van der Waals surface area contributed by atoms with Crippen molar-refractivity contribution in [2.24, 2.45) is 5.10 Å². The lowest BCUT2D eigenvalue weighted by molar-refractivity contribution is 0.243. The van der Waals surface area contributed by atoms with Crippen LogP contribution in [0.15, 0.2) is 5.10 Å². The molecule has 0 saturated carbocycles. The zero-order valence-electron chi connectivity index (χ0n) is 6.24. The van der Waals surface area contributed by atoms with Gasteiger partial charge in [-0.3, -0.25) is 5.01 Å². The maximum absolute atomic E-state index is 8.55. The molecule has 4 nitrogen and oxygen atoms in total. The van der Waals surface area contributed by atoms with E-state index in [4.69, 9.17) is 5.26 Å². The molecule has 0 amide bonds. The first-order valence-electron chi connectivity index (χ1n) is 3.42. The summed E-state index contributed by atoms with van der Waals surface area (Å²) in [5.41, 5.74) is 0. The summed E-state index contributed by atoms with van der Waals surface area (Å²) in [5, 5.41) is 14.3. The quantitative estimate of drug-likeness (QED) is 0.395. The van der Waals surface area contributed by atoms with Gasteiger partial charge in [0, 0.05) is 6.54 Å². The van der Waals surface area contributed by atoms with Crippen LogP contribution in [0.3, 0.4) is 0 Å². The van der Waals surface area contributed by atoms with E-state index in [2.05, 4.69) is 28.0 Å². The fourth-order valence-electron chi connectivity index (χ4n) is 0.842. The summed E-state index contributed by atoms with van der Waals surface area (Å²) in [6.45, 7) is 2.94. The smallest absolute Gasteiger partial charge is 0.188 e.